The van der Waals surface area contributed by atoms with E-state index in [4.69, 9.17) is 5.21 Å². The van der Waals surface area contributed by atoms with Crippen molar-refractivity contribution in [3.8, 4) is 0 Å². The summed E-state index contributed by atoms with van der Waals surface area (Å²) in [6.45, 7) is 0. The van der Waals surface area contributed by atoms with Gasteiger partial charge in [0.25, 0.3) is 0 Å². The molecule has 0 aliphatic rings. The fraction of sp³-hybridized carbons (Fsp3) is 0.167. The first-order valence-electron chi connectivity index (χ1n) is 2.76. The molecule has 0 spiro atoms. The lowest BCUT2D eigenvalue weighted by Gasteiger charge is -1.83. The lowest BCUT2D eigenvalue weighted by molar-refractivity contribution is 0.321. The van der Waals surface area contributed by atoms with Crippen molar-refractivity contribution in [2.75, 3.05) is 4.93 Å². The second kappa shape index (κ2) is 7.39. The number of hydrogen-bond acceptors (Lipinski definition) is 4. The van der Waals surface area contributed by atoms with E-state index >= 15 is 0 Å². The van der Waals surface area contributed by atoms with E-state index in [-0.39, 0.29) is 0 Å². The third-order valence-electron chi connectivity index (χ3n) is 0.759. The van der Waals surface area contributed by atoms with Crippen LogP contribution in [-0.2, 0) is 0 Å². The summed E-state index contributed by atoms with van der Waals surface area (Å²) in [6.07, 6.45) is 4.31. The third-order valence-corrected chi connectivity index (χ3v) is 0.759. The maximum atomic E-state index is 8.01. The van der Waals surface area contributed by atoms with Crippen LogP contribution in [0.3, 0.4) is 0 Å². The average molecular weight is 265 g/mol. The fourth-order valence-corrected chi connectivity index (χ4v) is 0.429. The molecule has 0 aliphatic heterocycles. The van der Waals surface area contributed by atoms with Gasteiger partial charge in [-0.1, -0.05) is 27.7 Å². The van der Waals surface area contributed by atoms with Gasteiger partial charge in [0.05, 0.1) is 0 Å². The normalized spacial score (nSPS) is 8.91. The summed E-state index contributed by atoms with van der Waals surface area (Å²) in [7, 11) is 0. The largest absolute Gasteiger partial charge is 0.411 e. The molecule has 0 saturated carbocycles. The van der Waals surface area contributed by atoms with Crippen molar-refractivity contribution in [2.45, 2.75) is 0 Å². The molecular formula is C6H8IN3O. The van der Waals surface area contributed by atoms with Crippen LogP contribution in [0.25, 0.3) is 0 Å². The predicted molar refractivity (Wildman–Crippen MR) is 51.4 cm³/mol. The molecule has 0 bridgehead atoms. The highest BCUT2D eigenvalue weighted by Crippen LogP contribution is 1.79. The van der Waals surface area contributed by atoms with Crippen LogP contribution in [0.15, 0.2) is 23.6 Å². The zero-order chi connectivity index (χ0) is 8.53. The van der Waals surface area contributed by atoms with Crippen molar-refractivity contribution < 1.29 is 5.21 Å². The Morgan fingerprint density at radius 2 is 2.00 bits per heavy atom. The number of aromatic nitrogens is 2. The maximum Gasteiger partial charge on any atom is 0.173 e. The van der Waals surface area contributed by atoms with Crippen molar-refractivity contribution in [2.24, 2.45) is 5.16 Å². The Morgan fingerprint density at radius 3 is 2.45 bits per heavy atom. The van der Waals surface area contributed by atoms with Crippen molar-refractivity contribution >= 4 is 28.8 Å². The molecule has 0 fully saturated rings. The lowest BCUT2D eigenvalue weighted by atomic mass is 10.6. The molecular weight excluding hydrogens is 257 g/mol. The molecule has 0 amide bonds. The van der Waals surface area contributed by atoms with E-state index in [1.807, 2.05) is 4.93 Å². The fourth-order valence-electron chi connectivity index (χ4n) is 0.429. The summed E-state index contributed by atoms with van der Waals surface area (Å²) < 4.78 is 0. The smallest absolute Gasteiger partial charge is 0.173 e. The van der Waals surface area contributed by atoms with Gasteiger partial charge >= 0.3 is 0 Å². The number of halogens is 1. The van der Waals surface area contributed by atoms with Crippen molar-refractivity contribution in [3.05, 3.63) is 24.3 Å². The molecule has 0 aliphatic carbocycles. The molecule has 11 heavy (non-hydrogen) atoms. The van der Waals surface area contributed by atoms with Crippen LogP contribution in [0, 0.1) is 0 Å². The highest BCUT2D eigenvalue weighted by atomic mass is 127. The summed E-state index contributed by atoms with van der Waals surface area (Å²) in [5, 5.41) is 10.8. The highest BCUT2D eigenvalue weighted by molar-refractivity contribution is 14.1. The van der Waals surface area contributed by atoms with Gasteiger partial charge in [-0.25, -0.2) is 9.97 Å². The van der Waals surface area contributed by atoms with Gasteiger partial charge in [-0.05, 0) is 11.0 Å². The van der Waals surface area contributed by atoms with Gasteiger partial charge in [0, 0.05) is 12.4 Å². The van der Waals surface area contributed by atoms with E-state index in [0.717, 1.165) is 0 Å². The standard InChI is InChI=1S/C5H5N3O.CH3I/c9-8-4-5-6-2-1-3-7-5;1-2/h1-4,9H;1H3. The van der Waals surface area contributed by atoms with Crippen LogP contribution in [0.1, 0.15) is 5.82 Å². The van der Waals surface area contributed by atoms with Crippen LogP contribution in [0.4, 0.5) is 0 Å². The third kappa shape index (κ3) is 4.65. The lowest BCUT2D eigenvalue weighted by Crippen LogP contribution is -1.89. The van der Waals surface area contributed by atoms with Crippen LogP contribution in [-0.4, -0.2) is 26.3 Å². The summed E-state index contributed by atoms with van der Waals surface area (Å²) in [4.78, 5) is 9.47. The van der Waals surface area contributed by atoms with E-state index in [2.05, 4.69) is 37.7 Å². The molecule has 1 N–H and O–H groups in total. The van der Waals surface area contributed by atoms with Gasteiger partial charge < -0.3 is 5.21 Å². The minimum atomic E-state index is 0.403. The molecule has 0 unspecified atom stereocenters. The van der Waals surface area contributed by atoms with Crippen LogP contribution in [0.2, 0.25) is 0 Å². The highest BCUT2D eigenvalue weighted by Gasteiger charge is 1.83. The first-order chi connectivity index (χ1) is 5.43. The molecule has 60 valence electrons. The number of oxime groups is 1. The van der Waals surface area contributed by atoms with E-state index in [1.54, 1.807) is 18.5 Å². The van der Waals surface area contributed by atoms with Gasteiger partial charge in [-0.3, -0.25) is 0 Å². The first-order valence-corrected chi connectivity index (χ1v) is 4.91. The Labute approximate surface area is 78.5 Å². The number of nitrogens with zero attached hydrogens (tertiary/aromatic N) is 3. The Morgan fingerprint density at radius 1 is 1.45 bits per heavy atom. The Hall–Kier alpha value is -0.720. The molecule has 1 rings (SSSR count). The summed E-state index contributed by atoms with van der Waals surface area (Å²) >= 11 is 2.15. The van der Waals surface area contributed by atoms with E-state index in [0.29, 0.717) is 5.82 Å². The van der Waals surface area contributed by atoms with Gasteiger partial charge in [-0.2, -0.15) is 0 Å². The maximum absolute atomic E-state index is 8.01. The number of rotatable bonds is 1. The molecule has 1 heterocycles. The molecule has 4 nitrogen and oxygen atoms in total. The quantitative estimate of drug-likeness (QED) is 0.274. The second-order valence-electron chi connectivity index (χ2n) is 1.35. The SMILES string of the molecule is CI.ON=Cc1ncccn1. The zero-order valence-electron chi connectivity index (χ0n) is 5.98. The predicted octanol–water partition coefficient (Wildman–Crippen LogP) is 1.34. The topological polar surface area (TPSA) is 58.4 Å². The summed E-state index contributed by atoms with van der Waals surface area (Å²) in [5.74, 6) is 0.403. The second-order valence-corrected chi connectivity index (χ2v) is 1.35. The summed E-state index contributed by atoms with van der Waals surface area (Å²) in [6, 6.07) is 1.69. The van der Waals surface area contributed by atoms with Crippen LogP contribution >= 0.6 is 22.6 Å². The minimum Gasteiger partial charge on any atom is -0.411 e. The molecule has 1 aromatic heterocycles. The molecule has 0 aromatic carbocycles. The van der Waals surface area contributed by atoms with Crippen LogP contribution in [0.5, 0.6) is 0 Å². The molecule has 0 saturated heterocycles. The number of alkyl halides is 1. The Balaban J connectivity index is 0.000000461. The van der Waals surface area contributed by atoms with Crippen LogP contribution < -0.4 is 0 Å². The van der Waals surface area contributed by atoms with E-state index in [1.165, 1.54) is 6.21 Å². The minimum absolute atomic E-state index is 0.403. The Bertz CT molecular complexity index is 202. The Kier molecular flexibility index (Phi) is 6.90. The van der Waals surface area contributed by atoms with Gasteiger partial charge in [0.1, 0.15) is 6.21 Å². The monoisotopic (exact) mass is 265 g/mol. The average Bonchev–Trinajstić information content (AvgIpc) is 2.11. The van der Waals surface area contributed by atoms with Crippen molar-refractivity contribution in [3.63, 3.8) is 0 Å². The van der Waals surface area contributed by atoms with Crippen molar-refractivity contribution in [1.29, 1.82) is 0 Å². The molecule has 1 aromatic rings. The van der Waals surface area contributed by atoms with Gasteiger partial charge in [0.2, 0.25) is 0 Å². The number of hydrogen-bond donors (Lipinski definition) is 1. The zero-order valence-corrected chi connectivity index (χ0v) is 8.13. The van der Waals surface area contributed by atoms with Gasteiger partial charge in [0.15, 0.2) is 5.82 Å². The van der Waals surface area contributed by atoms with E-state index < -0.39 is 0 Å². The summed E-state index contributed by atoms with van der Waals surface area (Å²) in [5.41, 5.74) is 0. The molecule has 0 radical (unpaired) electrons. The molecule has 5 heteroatoms. The first kappa shape index (κ1) is 10.3. The van der Waals surface area contributed by atoms with E-state index in [9.17, 15) is 0 Å². The van der Waals surface area contributed by atoms with Gasteiger partial charge in [-0.15, -0.1) is 0 Å². The molecule has 0 atom stereocenters. The van der Waals surface area contributed by atoms with Crippen molar-refractivity contribution in [1.82, 2.24) is 9.97 Å².